The van der Waals surface area contributed by atoms with Gasteiger partial charge >= 0.3 is 0 Å². The molecule has 5 heteroatoms. The van der Waals surface area contributed by atoms with Gasteiger partial charge in [-0.1, -0.05) is 0 Å². The molecule has 0 aliphatic heterocycles. The number of aromatic nitrogens is 2. The van der Waals surface area contributed by atoms with Crippen molar-refractivity contribution in [3.63, 3.8) is 0 Å². The van der Waals surface area contributed by atoms with Crippen LogP contribution in [0.5, 0.6) is 5.88 Å². The summed E-state index contributed by atoms with van der Waals surface area (Å²) in [7, 11) is 0. The van der Waals surface area contributed by atoms with E-state index in [1.54, 1.807) is 17.7 Å². The van der Waals surface area contributed by atoms with E-state index in [0.717, 1.165) is 23.1 Å². The lowest BCUT2D eigenvalue weighted by Gasteiger charge is -2.32. The second kappa shape index (κ2) is 3.68. The molecule has 2 heterocycles. The van der Waals surface area contributed by atoms with E-state index < -0.39 is 0 Å². The zero-order chi connectivity index (χ0) is 11.1. The Balaban J connectivity index is 1.91. The van der Waals surface area contributed by atoms with Crippen molar-refractivity contribution < 1.29 is 4.74 Å². The first kappa shape index (κ1) is 9.99. The Labute approximate surface area is 97.5 Å². The third-order valence-corrected chi connectivity index (χ3v) is 3.98. The summed E-state index contributed by atoms with van der Waals surface area (Å²) in [5.74, 6) is 0.708. The third-order valence-electron chi connectivity index (χ3n) is 2.91. The first-order valence-electron chi connectivity index (χ1n) is 5.35. The van der Waals surface area contributed by atoms with Crippen LogP contribution in [0.2, 0.25) is 0 Å². The van der Waals surface area contributed by atoms with Crippen LogP contribution in [0.25, 0.3) is 10.2 Å². The highest BCUT2D eigenvalue weighted by atomic mass is 32.1. The smallest absolute Gasteiger partial charge is 0.235 e. The van der Waals surface area contributed by atoms with Gasteiger partial charge in [-0.05, 0) is 30.7 Å². The molecule has 84 valence electrons. The Kier molecular flexibility index (Phi) is 2.29. The van der Waals surface area contributed by atoms with Crippen LogP contribution in [0, 0.1) is 6.92 Å². The Morgan fingerprint density at radius 3 is 3.00 bits per heavy atom. The summed E-state index contributed by atoms with van der Waals surface area (Å²) in [5, 5.41) is 2.08. The number of nitrogens with two attached hydrogens (primary N) is 1. The Morgan fingerprint density at radius 1 is 1.44 bits per heavy atom. The fourth-order valence-electron chi connectivity index (χ4n) is 1.89. The molecule has 0 bridgehead atoms. The average Bonchev–Trinajstić information content (AvgIpc) is 2.60. The van der Waals surface area contributed by atoms with E-state index in [0.29, 0.717) is 11.9 Å². The molecule has 2 aromatic heterocycles. The number of ether oxygens (including phenoxy) is 1. The average molecular weight is 235 g/mol. The highest BCUT2D eigenvalue weighted by Gasteiger charge is 2.28. The molecule has 1 aliphatic carbocycles. The number of hydrogen-bond acceptors (Lipinski definition) is 5. The molecule has 0 aromatic carbocycles. The molecule has 0 amide bonds. The van der Waals surface area contributed by atoms with Gasteiger partial charge in [0.15, 0.2) is 0 Å². The maximum atomic E-state index is 5.83. The van der Waals surface area contributed by atoms with Crippen LogP contribution in [-0.2, 0) is 0 Å². The number of hydrogen-bond donors (Lipinski definition) is 1. The maximum absolute atomic E-state index is 5.83. The SMILES string of the molecule is Cc1csc2c(OC3CC(N)C3)ncnc12. The monoisotopic (exact) mass is 235 g/mol. The predicted molar refractivity (Wildman–Crippen MR) is 63.8 cm³/mol. The lowest BCUT2D eigenvalue weighted by molar-refractivity contribution is 0.0977. The Hall–Kier alpha value is -1.20. The summed E-state index contributed by atoms with van der Waals surface area (Å²) >= 11 is 1.64. The summed E-state index contributed by atoms with van der Waals surface area (Å²) in [6, 6.07) is 0.299. The van der Waals surface area contributed by atoms with E-state index in [-0.39, 0.29) is 6.10 Å². The molecule has 0 atom stereocenters. The Morgan fingerprint density at radius 2 is 2.25 bits per heavy atom. The molecular weight excluding hydrogens is 222 g/mol. The van der Waals surface area contributed by atoms with Gasteiger partial charge in [0.1, 0.15) is 17.1 Å². The molecule has 1 fully saturated rings. The van der Waals surface area contributed by atoms with E-state index in [1.807, 2.05) is 0 Å². The second-order valence-electron chi connectivity index (χ2n) is 4.25. The third kappa shape index (κ3) is 1.56. The van der Waals surface area contributed by atoms with Gasteiger partial charge in [-0.3, -0.25) is 0 Å². The lowest BCUT2D eigenvalue weighted by Crippen LogP contribution is -2.43. The molecular formula is C11H13N3OS. The second-order valence-corrected chi connectivity index (χ2v) is 5.13. The molecule has 1 saturated carbocycles. The van der Waals surface area contributed by atoms with E-state index in [4.69, 9.17) is 10.5 Å². The summed E-state index contributed by atoms with van der Waals surface area (Å²) in [5.41, 5.74) is 7.91. The Bertz CT molecular complexity index is 519. The van der Waals surface area contributed by atoms with Crippen LogP contribution in [0.3, 0.4) is 0 Å². The van der Waals surface area contributed by atoms with Crippen LogP contribution in [-0.4, -0.2) is 22.1 Å². The van der Waals surface area contributed by atoms with Crippen LogP contribution in [0.15, 0.2) is 11.7 Å². The van der Waals surface area contributed by atoms with Crippen molar-refractivity contribution in [3.05, 3.63) is 17.3 Å². The van der Waals surface area contributed by atoms with Gasteiger partial charge in [-0.25, -0.2) is 9.97 Å². The minimum absolute atomic E-state index is 0.232. The van der Waals surface area contributed by atoms with Gasteiger partial charge in [-0.15, -0.1) is 11.3 Å². The number of aryl methyl sites for hydroxylation is 1. The van der Waals surface area contributed by atoms with Crippen molar-refractivity contribution >= 4 is 21.6 Å². The largest absolute Gasteiger partial charge is 0.473 e. The van der Waals surface area contributed by atoms with Crippen LogP contribution in [0.1, 0.15) is 18.4 Å². The summed E-state index contributed by atoms with van der Waals surface area (Å²) in [6.07, 6.45) is 3.65. The summed E-state index contributed by atoms with van der Waals surface area (Å²) in [4.78, 5) is 8.47. The topological polar surface area (TPSA) is 61.0 Å². The van der Waals surface area contributed by atoms with Crippen molar-refractivity contribution in [2.75, 3.05) is 0 Å². The lowest BCUT2D eigenvalue weighted by atomic mass is 9.90. The van der Waals surface area contributed by atoms with E-state index in [1.165, 1.54) is 5.56 Å². The zero-order valence-corrected chi connectivity index (χ0v) is 9.83. The first-order chi connectivity index (χ1) is 7.74. The normalized spacial score (nSPS) is 24.4. The van der Waals surface area contributed by atoms with E-state index in [2.05, 4.69) is 22.3 Å². The minimum atomic E-state index is 0.232. The van der Waals surface area contributed by atoms with Gasteiger partial charge in [0.2, 0.25) is 5.88 Å². The van der Waals surface area contributed by atoms with Crippen LogP contribution in [0.4, 0.5) is 0 Å². The molecule has 0 radical (unpaired) electrons. The molecule has 0 spiro atoms. The highest BCUT2D eigenvalue weighted by molar-refractivity contribution is 7.17. The quantitative estimate of drug-likeness (QED) is 0.863. The number of rotatable bonds is 2. The van der Waals surface area contributed by atoms with E-state index >= 15 is 0 Å². The maximum Gasteiger partial charge on any atom is 0.235 e. The predicted octanol–water partition coefficient (Wildman–Crippen LogP) is 1.87. The zero-order valence-electron chi connectivity index (χ0n) is 9.01. The summed E-state index contributed by atoms with van der Waals surface area (Å²) < 4.78 is 6.87. The van der Waals surface area contributed by atoms with Crippen LogP contribution < -0.4 is 10.5 Å². The van der Waals surface area contributed by atoms with Gasteiger partial charge in [0.25, 0.3) is 0 Å². The first-order valence-corrected chi connectivity index (χ1v) is 6.23. The van der Waals surface area contributed by atoms with Gasteiger partial charge < -0.3 is 10.5 Å². The standard InChI is InChI=1S/C11H13N3OS/c1-6-4-16-10-9(6)13-5-14-11(10)15-8-2-7(12)3-8/h4-5,7-8H,2-3,12H2,1H3. The van der Waals surface area contributed by atoms with Crippen molar-refractivity contribution in [3.8, 4) is 5.88 Å². The minimum Gasteiger partial charge on any atom is -0.473 e. The number of nitrogens with zero attached hydrogens (tertiary/aromatic N) is 2. The number of thiophene rings is 1. The van der Waals surface area contributed by atoms with Crippen molar-refractivity contribution in [2.45, 2.75) is 31.9 Å². The van der Waals surface area contributed by atoms with Crippen molar-refractivity contribution in [1.82, 2.24) is 9.97 Å². The van der Waals surface area contributed by atoms with Gasteiger partial charge in [0, 0.05) is 6.04 Å². The number of fused-ring (bicyclic) bond motifs is 1. The van der Waals surface area contributed by atoms with Crippen molar-refractivity contribution in [1.29, 1.82) is 0 Å². The molecule has 16 heavy (non-hydrogen) atoms. The molecule has 2 N–H and O–H groups in total. The van der Waals surface area contributed by atoms with Crippen LogP contribution >= 0.6 is 11.3 Å². The van der Waals surface area contributed by atoms with Gasteiger partial charge in [-0.2, -0.15) is 0 Å². The van der Waals surface area contributed by atoms with Gasteiger partial charge in [0.05, 0.1) is 5.52 Å². The molecule has 0 saturated heterocycles. The molecule has 4 nitrogen and oxygen atoms in total. The fraction of sp³-hybridized carbons (Fsp3) is 0.455. The molecule has 1 aliphatic rings. The highest BCUT2D eigenvalue weighted by Crippen LogP contribution is 2.32. The summed E-state index contributed by atoms with van der Waals surface area (Å²) in [6.45, 7) is 2.05. The fourth-order valence-corrected chi connectivity index (χ4v) is 2.83. The van der Waals surface area contributed by atoms with E-state index in [9.17, 15) is 0 Å². The molecule has 2 aromatic rings. The van der Waals surface area contributed by atoms with Crippen molar-refractivity contribution in [2.24, 2.45) is 5.73 Å². The molecule has 0 unspecified atom stereocenters. The molecule has 3 rings (SSSR count).